The van der Waals surface area contributed by atoms with E-state index in [9.17, 15) is 9.59 Å². The summed E-state index contributed by atoms with van der Waals surface area (Å²) in [5.74, 6) is 1.52. The van der Waals surface area contributed by atoms with Gasteiger partial charge in [-0.3, -0.25) is 9.59 Å². The van der Waals surface area contributed by atoms with Gasteiger partial charge in [-0.15, -0.1) is 0 Å². The average Bonchev–Trinajstić information content (AvgIpc) is 3.40. The zero-order chi connectivity index (χ0) is 26.5. The Labute approximate surface area is 219 Å². The lowest BCUT2D eigenvalue weighted by Gasteiger charge is -2.31. The van der Waals surface area contributed by atoms with Gasteiger partial charge in [0.2, 0.25) is 11.9 Å². The lowest BCUT2D eigenvalue weighted by atomic mass is 10.1. The van der Waals surface area contributed by atoms with Gasteiger partial charge in [-0.2, -0.15) is 4.98 Å². The Morgan fingerprint density at radius 2 is 2.00 bits per heavy atom. The maximum absolute atomic E-state index is 12.9. The molecule has 1 aromatic carbocycles. The Balaban J connectivity index is 1.60. The van der Waals surface area contributed by atoms with E-state index in [0.29, 0.717) is 47.8 Å². The Hall–Kier alpha value is -3.40. The van der Waals surface area contributed by atoms with Crippen molar-refractivity contribution in [3.05, 3.63) is 30.0 Å². The third kappa shape index (κ3) is 6.12. The van der Waals surface area contributed by atoms with Crippen LogP contribution in [0.2, 0.25) is 0 Å². The van der Waals surface area contributed by atoms with Crippen LogP contribution in [0.3, 0.4) is 0 Å². The molecule has 10 heteroatoms. The van der Waals surface area contributed by atoms with Gasteiger partial charge in [0.1, 0.15) is 11.4 Å². The zero-order valence-electron chi connectivity index (χ0n) is 22.6. The van der Waals surface area contributed by atoms with Crippen molar-refractivity contribution in [2.24, 2.45) is 5.92 Å². The number of hydrogen-bond donors (Lipinski definition) is 2. The Kier molecular flexibility index (Phi) is 8.48. The molecule has 2 heterocycles. The minimum absolute atomic E-state index is 0.0667. The number of ether oxygens (including phenoxy) is 1. The summed E-state index contributed by atoms with van der Waals surface area (Å²) in [6.07, 6.45) is 7.14. The van der Waals surface area contributed by atoms with Crippen molar-refractivity contribution in [3.8, 4) is 5.75 Å². The largest absolute Gasteiger partial charge is 0.495 e. The van der Waals surface area contributed by atoms with Gasteiger partial charge in [-0.1, -0.05) is 19.8 Å². The Morgan fingerprint density at radius 3 is 2.70 bits per heavy atom. The predicted molar refractivity (Wildman–Crippen MR) is 146 cm³/mol. The molecule has 2 aromatic rings. The number of carbonyl (C=O) groups is 2. The second kappa shape index (κ2) is 11.8. The number of aromatic nitrogens is 2. The normalized spacial score (nSPS) is 18.1. The van der Waals surface area contributed by atoms with Crippen LogP contribution in [0.5, 0.6) is 5.75 Å². The van der Waals surface area contributed by atoms with Crippen LogP contribution in [-0.4, -0.2) is 80.6 Å². The summed E-state index contributed by atoms with van der Waals surface area (Å²) < 4.78 is 5.54. The second-order valence-corrected chi connectivity index (χ2v) is 10.2. The minimum Gasteiger partial charge on any atom is -0.495 e. The first kappa shape index (κ1) is 26.7. The third-order valence-electron chi connectivity index (χ3n) is 7.15. The number of fused-ring (bicyclic) bond motifs is 1. The molecule has 4 rings (SSSR count). The van der Waals surface area contributed by atoms with E-state index in [4.69, 9.17) is 9.72 Å². The molecule has 1 atom stereocenters. The minimum atomic E-state index is -0.145. The lowest BCUT2D eigenvalue weighted by molar-refractivity contribution is -0.121. The molecule has 2 N–H and O–H groups in total. The third-order valence-corrected chi connectivity index (χ3v) is 7.15. The first-order chi connectivity index (χ1) is 17.8. The first-order valence-electron chi connectivity index (χ1n) is 13.1. The Morgan fingerprint density at radius 1 is 1.24 bits per heavy atom. The molecular weight excluding hydrogens is 470 g/mol. The lowest BCUT2D eigenvalue weighted by Crippen LogP contribution is -2.38. The molecule has 1 unspecified atom stereocenters. The number of benzene rings is 1. The van der Waals surface area contributed by atoms with Gasteiger partial charge in [0.15, 0.2) is 5.82 Å². The van der Waals surface area contributed by atoms with E-state index >= 15 is 0 Å². The molecule has 2 amide bonds. The van der Waals surface area contributed by atoms with Gasteiger partial charge in [0.05, 0.1) is 24.9 Å². The number of nitrogens with one attached hydrogen (secondary N) is 2. The van der Waals surface area contributed by atoms with Crippen molar-refractivity contribution < 1.29 is 14.3 Å². The van der Waals surface area contributed by atoms with E-state index in [1.165, 1.54) is 12.8 Å². The quantitative estimate of drug-likeness (QED) is 0.497. The van der Waals surface area contributed by atoms with Crippen LogP contribution in [0.15, 0.2) is 24.4 Å². The molecule has 1 aromatic heterocycles. The van der Waals surface area contributed by atoms with Crippen molar-refractivity contribution in [1.82, 2.24) is 20.2 Å². The highest BCUT2D eigenvalue weighted by Crippen LogP contribution is 2.37. The van der Waals surface area contributed by atoms with Gasteiger partial charge in [-0.05, 0) is 58.1 Å². The first-order valence-corrected chi connectivity index (χ1v) is 13.1. The van der Waals surface area contributed by atoms with Crippen LogP contribution in [0.4, 0.5) is 23.1 Å². The number of hydrogen-bond acceptors (Lipinski definition) is 8. The van der Waals surface area contributed by atoms with Gasteiger partial charge >= 0.3 is 0 Å². The fourth-order valence-corrected chi connectivity index (χ4v) is 5.09. The number of rotatable bonds is 9. The highest BCUT2D eigenvalue weighted by atomic mass is 16.5. The number of nitrogens with zero attached hydrogens (tertiary/aromatic N) is 5. The van der Waals surface area contributed by atoms with E-state index in [2.05, 4.69) is 25.4 Å². The Bertz CT molecular complexity index is 1120. The van der Waals surface area contributed by atoms with Gasteiger partial charge in [0.25, 0.3) is 5.91 Å². The molecule has 0 saturated heterocycles. The van der Waals surface area contributed by atoms with Crippen LogP contribution in [-0.2, 0) is 4.79 Å². The topological polar surface area (TPSA) is 103 Å². The molecule has 1 fully saturated rings. The highest BCUT2D eigenvalue weighted by Gasteiger charge is 2.35. The molecule has 1 aliphatic carbocycles. The van der Waals surface area contributed by atoms with E-state index in [0.717, 1.165) is 31.6 Å². The van der Waals surface area contributed by atoms with E-state index in [1.807, 2.05) is 21.0 Å². The molecule has 1 saturated carbocycles. The molecule has 0 radical (unpaired) electrons. The molecule has 0 bridgehead atoms. The standard InChI is InChI=1S/C27H39N7O3/c1-18-17-34(20-9-6-7-10-20)24-22(33(4)26(18)36)16-29-27(31-24)30-21-15-19(11-12-23(21)37-5)25(35)28-13-8-14-32(2)3/h11-12,15-16,18,20H,6-10,13-14,17H2,1-5H3,(H,28,35)(H,29,30,31). The summed E-state index contributed by atoms with van der Waals surface area (Å²) in [6.45, 7) is 4.11. The summed E-state index contributed by atoms with van der Waals surface area (Å²) in [6, 6.07) is 5.62. The number of amides is 2. The molecule has 1 aliphatic heterocycles. The van der Waals surface area contributed by atoms with Crippen molar-refractivity contribution in [2.45, 2.75) is 45.1 Å². The van der Waals surface area contributed by atoms with Crippen molar-refractivity contribution in [2.75, 3.05) is 63.0 Å². The van der Waals surface area contributed by atoms with Crippen LogP contribution < -0.4 is 25.2 Å². The van der Waals surface area contributed by atoms with Crippen molar-refractivity contribution in [1.29, 1.82) is 0 Å². The second-order valence-electron chi connectivity index (χ2n) is 10.2. The summed E-state index contributed by atoms with van der Waals surface area (Å²) >= 11 is 0. The summed E-state index contributed by atoms with van der Waals surface area (Å²) in [5.41, 5.74) is 1.83. The summed E-state index contributed by atoms with van der Waals surface area (Å²) in [4.78, 5) is 41.1. The maximum Gasteiger partial charge on any atom is 0.251 e. The molecular formula is C27H39N7O3. The molecule has 37 heavy (non-hydrogen) atoms. The number of methoxy groups -OCH3 is 1. The predicted octanol–water partition coefficient (Wildman–Crippen LogP) is 3.27. The molecule has 0 spiro atoms. The monoisotopic (exact) mass is 509 g/mol. The maximum atomic E-state index is 12.9. The smallest absolute Gasteiger partial charge is 0.251 e. The fraction of sp³-hybridized carbons (Fsp3) is 0.556. The summed E-state index contributed by atoms with van der Waals surface area (Å²) in [7, 11) is 7.40. The fourth-order valence-electron chi connectivity index (χ4n) is 5.09. The molecule has 10 nitrogen and oxygen atoms in total. The molecule has 200 valence electrons. The van der Waals surface area contributed by atoms with E-state index < -0.39 is 0 Å². The van der Waals surface area contributed by atoms with Gasteiger partial charge in [0, 0.05) is 31.7 Å². The number of carbonyl (C=O) groups excluding carboxylic acids is 2. The van der Waals surface area contributed by atoms with E-state index in [-0.39, 0.29) is 17.7 Å². The number of anilines is 4. The van der Waals surface area contributed by atoms with Crippen LogP contribution in [0.1, 0.15) is 49.4 Å². The average molecular weight is 510 g/mol. The van der Waals surface area contributed by atoms with Crippen molar-refractivity contribution >= 4 is 35.0 Å². The SMILES string of the molecule is COc1ccc(C(=O)NCCCN(C)C)cc1Nc1ncc2c(n1)N(C1CCCC1)CC(C)C(=O)N2C. The van der Waals surface area contributed by atoms with E-state index in [1.54, 1.807) is 43.5 Å². The molecule has 2 aliphatic rings. The van der Waals surface area contributed by atoms with Crippen LogP contribution in [0.25, 0.3) is 0 Å². The van der Waals surface area contributed by atoms with Crippen molar-refractivity contribution in [3.63, 3.8) is 0 Å². The van der Waals surface area contributed by atoms with Gasteiger partial charge in [-0.25, -0.2) is 4.98 Å². The highest BCUT2D eigenvalue weighted by molar-refractivity contribution is 5.99. The van der Waals surface area contributed by atoms with Crippen LogP contribution in [0, 0.1) is 5.92 Å². The zero-order valence-corrected chi connectivity index (χ0v) is 22.6. The van der Waals surface area contributed by atoms with Crippen LogP contribution >= 0.6 is 0 Å². The van der Waals surface area contributed by atoms with Gasteiger partial charge < -0.3 is 30.1 Å². The summed E-state index contributed by atoms with van der Waals surface area (Å²) in [5, 5.41) is 6.23.